The van der Waals surface area contributed by atoms with Gasteiger partial charge in [0.25, 0.3) is 5.56 Å². The third kappa shape index (κ3) is 2.76. The first-order valence-corrected chi connectivity index (χ1v) is 8.46. The number of H-pyrrole nitrogens is 1. The molecule has 0 bridgehead atoms. The zero-order valence-corrected chi connectivity index (χ0v) is 14.5. The van der Waals surface area contributed by atoms with Crippen molar-refractivity contribution in [2.24, 2.45) is 13.0 Å². The molecule has 6 nitrogen and oxygen atoms in total. The van der Waals surface area contributed by atoms with E-state index in [9.17, 15) is 9.59 Å². The highest BCUT2D eigenvalue weighted by molar-refractivity contribution is 7.15. The zero-order chi connectivity index (χ0) is 16.7. The molecule has 0 spiro atoms. The van der Waals surface area contributed by atoms with Crippen LogP contribution < -0.4 is 11.2 Å². The van der Waals surface area contributed by atoms with E-state index in [1.165, 1.54) is 11.9 Å². The molecule has 0 saturated heterocycles. The maximum Gasteiger partial charge on any atom is 0.329 e. The Hall–Kier alpha value is -2.15. The summed E-state index contributed by atoms with van der Waals surface area (Å²) in [5.74, 6) is 1.27. The van der Waals surface area contributed by atoms with Gasteiger partial charge in [0.05, 0.1) is 4.88 Å². The minimum atomic E-state index is -0.415. The Bertz CT molecular complexity index is 974. The van der Waals surface area contributed by atoms with Crippen LogP contribution in [0.1, 0.15) is 25.1 Å². The molecule has 3 heterocycles. The van der Waals surface area contributed by atoms with Gasteiger partial charge in [-0.1, -0.05) is 13.8 Å². The van der Waals surface area contributed by atoms with E-state index in [0.29, 0.717) is 23.6 Å². The van der Waals surface area contributed by atoms with Crippen molar-refractivity contribution in [2.45, 2.75) is 33.7 Å². The van der Waals surface area contributed by atoms with Crippen molar-refractivity contribution < 1.29 is 0 Å². The summed E-state index contributed by atoms with van der Waals surface area (Å²) in [5, 5.41) is 0. The van der Waals surface area contributed by atoms with Gasteiger partial charge in [-0.3, -0.25) is 14.3 Å². The van der Waals surface area contributed by atoms with E-state index in [0.717, 1.165) is 21.7 Å². The number of hydrogen-bond donors (Lipinski definition) is 1. The molecule has 0 saturated carbocycles. The lowest BCUT2D eigenvalue weighted by atomic mass is 10.1. The number of imidazole rings is 1. The van der Waals surface area contributed by atoms with Crippen LogP contribution in [0.25, 0.3) is 21.9 Å². The average molecular weight is 332 g/mol. The molecule has 0 fully saturated rings. The molecule has 122 valence electrons. The Morgan fingerprint density at radius 1 is 1.30 bits per heavy atom. The lowest BCUT2D eigenvalue weighted by Crippen LogP contribution is -2.32. The Morgan fingerprint density at radius 2 is 2.04 bits per heavy atom. The number of nitrogens with one attached hydrogen (secondary N) is 1. The van der Waals surface area contributed by atoms with Gasteiger partial charge in [0.2, 0.25) is 0 Å². The summed E-state index contributed by atoms with van der Waals surface area (Å²) in [6.07, 6.45) is 0.945. The van der Waals surface area contributed by atoms with Crippen molar-refractivity contribution in [3.8, 4) is 10.7 Å². The second-order valence-corrected chi connectivity index (χ2v) is 7.46. The van der Waals surface area contributed by atoms with Crippen LogP contribution in [-0.2, 0) is 13.6 Å². The van der Waals surface area contributed by atoms with Gasteiger partial charge in [0, 0.05) is 18.5 Å². The molecular weight excluding hydrogens is 312 g/mol. The van der Waals surface area contributed by atoms with Crippen LogP contribution in [0.5, 0.6) is 0 Å². The Balaban J connectivity index is 2.29. The van der Waals surface area contributed by atoms with Crippen molar-refractivity contribution in [1.82, 2.24) is 19.1 Å². The highest BCUT2D eigenvalue weighted by atomic mass is 32.1. The number of nitrogens with zero attached hydrogens (tertiary/aromatic N) is 3. The molecule has 0 aliphatic carbocycles. The van der Waals surface area contributed by atoms with Crippen molar-refractivity contribution in [3.63, 3.8) is 0 Å². The summed E-state index contributed by atoms with van der Waals surface area (Å²) in [6.45, 7) is 7.05. The fourth-order valence-electron chi connectivity index (χ4n) is 2.51. The zero-order valence-electron chi connectivity index (χ0n) is 13.7. The van der Waals surface area contributed by atoms with Crippen LogP contribution >= 0.6 is 11.3 Å². The lowest BCUT2D eigenvalue weighted by molar-refractivity contribution is 0.523. The molecule has 0 atom stereocenters. The normalized spacial score (nSPS) is 11.7. The quantitative estimate of drug-likeness (QED) is 0.798. The van der Waals surface area contributed by atoms with Crippen molar-refractivity contribution in [1.29, 1.82) is 0 Å². The molecule has 0 aliphatic rings. The van der Waals surface area contributed by atoms with Crippen LogP contribution in [0.15, 0.2) is 21.7 Å². The predicted octanol–water partition coefficient (Wildman–Crippen LogP) is 2.51. The third-order valence-corrected chi connectivity index (χ3v) is 4.89. The van der Waals surface area contributed by atoms with Crippen LogP contribution in [0.2, 0.25) is 0 Å². The van der Waals surface area contributed by atoms with Gasteiger partial charge < -0.3 is 4.57 Å². The summed E-state index contributed by atoms with van der Waals surface area (Å²) < 4.78 is 3.02. The molecule has 0 aliphatic heterocycles. The molecular formula is C16H20N4O2S. The predicted molar refractivity (Wildman–Crippen MR) is 93.1 cm³/mol. The van der Waals surface area contributed by atoms with E-state index in [4.69, 9.17) is 0 Å². The topological polar surface area (TPSA) is 72.7 Å². The minimum Gasteiger partial charge on any atom is -0.309 e. The summed E-state index contributed by atoms with van der Waals surface area (Å²) >= 11 is 1.63. The first kappa shape index (κ1) is 15.7. The summed E-state index contributed by atoms with van der Waals surface area (Å²) in [4.78, 5) is 33.9. The molecule has 3 aromatic rings. The smallest absolute Gasteiger partial charge is 0.309 e. The summed E-state index contributed by atoms with van der Waals surface area (Å²) in [6, 6.07) is 4.04. The van der Waals surface area contributed by atoms with E-state index in [2.05, 4.69) is 23.8 Å². The van der Waals surface area contributed by atoms with Crippen LogP contribution in [-0.4, -0.2) is 19.1 Å². The molecule has 7 heteroatoms. The SMILES string of the molecule is Cc1ccc(-c2nc3c(=O)n(C)c(=O)[nH]c3n2CCC(C)C)s1. The van der Waals surface area contributed by atoms with Crippen molar-refractivity contribution in [3.05, 3.63) is 37.8 Å². The number of fused-ring (bicyclic) bond motifs is 1. The summed E-state index contributed by atoms with van der Waals surface area (Å²) in [5.41, 5.74) is 0.0559. The first-order chi connectivity index (χ1) is 10.9. The second-order valence-electron chi connectivity index (χ2n) is 6.17. The van der Waals surface area contributed by atoms with E-state index in [1.807, 2.05) is 23.6 Å². The Kier molecular flexibility index (Phi) is 3.97. The van der Waals surface area contributed by atoms with Crippen LogP contribution in [0.4, 0.5) is 0 Å². The van der Waals surface area contributed by atoms with Crippen LogP contribution in [0.3, 0.4) is 0 Å². The highest BCUT2D eigenvalue weighted by Gasteiger charge is 2.18. The van der Waals surface area contributed by atoms with Gasteiger partial charge in [-0.2, -0.15) is 0 Å². The van der Waals surface area contributed by atoms with Crippen molar-refractivity contribution >= 4 is 22.5 Å². The fourth-order valence-corrected chi connectivity index (χ4v) is 3.38. The number of aryl methyl sites for hydroxylation is 2. The van der Waals surface area contributed by atoms with Gasteiger partial charge in [-0.15, -0.1) is 11.3 Å². The van der Waals surface area contributed by atoms with Gasteiger partial charge in [-0.05, 0) is 31.4 Å². The van der Waals surface area contributed by atoms with Gasteiger partial charge in [0.15, 0.2) is 11.3 Å². The average Bonchev–Trinajstić information content (AvgIpc) is 3.06. The van der Waals surface area contributed by atoms with E-state index in [1.54, 1.807) is 11.3 Å². The molecule has 0 aromatic carbocycles. The number of thiophene rings is 1. The number of rotatable bonds is 4. The van der Waals surface area contributed by atoms with Crippen molar-refractivity contribution in [2.75, 3.05) is 0 Å². The van der Waals surface area contributed by atoms with Gasteiger partial charge >= 0.3 is 5.69 Å². The van der Waals surface area contributed by atoms with E-state index in [-0.39, 0.29) is 5.56 Å². The fraction of sp³-hybridized carbons (Fsp3) is 0.438. The number of aromatic amines is 1. The largest absolute Gasteiger partial charge is 0.329 e. The van der Waals surface area contributed by atoms with E-state index >= 15 is 0 Å². The monoisotopic (exact) mass is 332 g/mol. The third-order valence-electron chi connectivity index (χ3n) is 3.90. The first-order valence-electron chi connectivity index (χ1n) is 7.65. The molecule has 3 aromatic heterocycles. The molecule has 1 N–H and O–H groups in total. The number of aromatic nitrogens is 4. The second kappa shape index (κ2) is 5.81. The maximum absolute atomic E-state index is 12.4. The Morgan fingerprint density at radius 3 is 2.65 bits per heavy atom. The van der Waals surface area contributed by atoms with Crippen LogP contribution in [0, 0.1) is 12.8 Å². The standard InChI is InChI=1S/C16H20N4O2S/c1-9(2)7-8-20-13(11-6-5-10(3)23-11)17-12-14(20)18-16(22)19(4)15(12)21/h5-6,9H,7-8H2,1-4H3,(H,18,22). The molecule has 23 heavy (non-hydrogen) atoms. The van der Waals surface area contributed by atoms with E-state index < -0.39 is 5.69 Å². The maximum atomic E-state index is 12.4. The molecule has 0 radical (unpaired) electrons. The van der Waals surface area contributed by atoms with Gasteiger partial charge in [-0.25, -0.2) is 9.78 Å². The highest BCUT2D eigenvalue weighted by Crippen LogP contribution is 2.29. The molecule has 0 amide bonds. The van der Waals surface area contributed by atoms with Gasteiger partial charge in [0.1, 0.15) is 5.65 Å². The minimum absolute atomic E-state index is 0.317. The summed E-state index contributed by atoms with van der Waals surface area (Å²) in [7, 11) is 1.46. The lowest BCUT2D eigenvalue weighted by Gasteiger charge is -2.10. The molecule has 0 unspecified atom stereocenters. The Labute approximate surface area is 137 Å². The molecule has 3 rings (SSSR count). The number of hydrogen-bond acceptors (Lipinski definition) is 4.